The van der Waals surface area contributed by atoms with Crippen molar-refractivity contribution in [1.29, 1.82) is 0 Å². The lowest BCUT2D eigenvalue weighted by Crippen LogP contribution is -2.22. The van der Waals surface area contributed by atoms with Crippen LogP contribution in [0.5, 0.6) is 0 Å². The maximum Gasteiger partial charge on any atom is 0.230 e. The quantitative estimate of drug-likeness (QED) is 0.912. The molecule has 1 heterocycles. The van der Waals surface area contributed by atoms with Gasteiger partial charge in [-0.05, 0) is 31.2 Å². The second-order valence-electron chi connectivity index (χ2n) is 4.09. The largest absolute Gasteiger partial charge is 0.369 e. The minimum atomic E-state index is -0.338. The van der Waals surface area contributed by atoms with E-state index in [-0.39, 0.29) is 17.0 Å². The molecule has 2 aromatic rings. The Morgan fingerprint density at radius 3 is 3.00 bits per heavy atom. The summed E-state index contributed by atoms with van der Waals surface area (Å²) in [4.78, 5) is 10.9. The zero-order valence-corrected chi connectivity index (χ0v) is 11.2. The highest BCUT2D eigenvalue weighted by Crippen LogP contribution is 2.17. The van der Waals surface area contributed by atoms with Crippen molar-refractivity contribution in [3.8, 4) is 5.69 Å². The molecule has 0 radical (unpaired) electrons. The van der Waals surface area contributed by atoms with Gasteiger partial charge in [-0.15, -0.1) is 11.8 Å². The summed E-state index contributed by atoms with van der Waals surface area (Å²) in [7, 11) is 0. The van der Waals surface area contributed by atoms with Gasteiger partial charge in [-0.2, -0.15) is 5.10 Å². The van der Waals surface area contributed by atoms with Gasteiger partial charge >= 0.3 is 0 Å². The van der Waals surface area contributed by atoms with E-state index in [0.29, 0.717) is 11.4 Å². The minimum absolute atomic E-state index is 0.251. The lowest BCUT2D eigenvalue weighted by Gasteiger charge is -2.04. The normalized spacial score (nSPS) is 12.3. The predicted octanol–water partition coefficient (Wildman–Crippen LogP) is 2.12. The van der Waals surface area contributed by atoms with E-state index in [1.165, 1.54) is 23.9 Å². The number of hydrogen-bond acceptors (Lipinski definition) is 3. The van der Waals surface area contributed by atoms with Gasteiger partial charge in [0.2, 0.25) is 5.91 Å². The van der Waals surface area contributed by atoms with Crippen LogP contribution in [0.4, 0.5) is 4.39 Å². The molecule has 6 heteroatoms. The maximum atomic E-state index is 13.1. The number of carbonyl (C=O) groups is 1. The SMILES string of the molecule is C[C@H](SCc1ccn(-c2cccc(F)c2)n1)C(N)=O. The van der Waals surface area contributed by atoms with E-state index in [0.717, 1.165) is 5.69 Å². The van der Waals surface area contributed by atoms with Gasteiger partial charge in [0.05, 0.1) is 16.6 Å². The lowest BCUT2D eigenvalue weighted by atomic mass is 10.3. The fraction of sp³-hybridized carbons (Fsp3) is 0.231. The molecule has 0 aliphatic rings. The summed E-state index contributed by atoms with van der Waals surface area (Å²) in [6.45, 7) is 1.76. The molecule has 0 saturated carbocycles. The third-order valence-corrected chi connectivity index (χ3v) is 3.79. The Balaban J connectivity index is 2.05. The van der Waals surface area contributed by atoms with Crippen LogP contribution in [0.25, 0.3) is 5.69 Å². The number of benzene rings is 1. The highest BCUT2D eigenvalue weighted by atomic mass is 32.2. The first-order valence-electron chi connectivity index (χ1n) is 5.77. The number of nitrogens with two attached hydrogens (primary N) is 1. The van der Waals surface area contributed by atoms with Crippen LogP contribution >= 0.6 is 11.8 Å². The zero-order valence-electron chi connectivity index (χ0n) is 10.4. The van der Waals surface area contributed by atoms with Gasteiger partial charge in [0.1, 0.15) is 5.82 Å². The average molecular weight is 279 g/mol. The number of rotatable bonds is 5. The van der Waals surface area contributed by atoms with Crippen molar-refractivity contribution in [3.05, 3.63) is 48.0 Å². The summed E-state index contributed by atoms with van der Waals surface area (Å²) in [5, 5.41) is 4.08. The summed E-state index contributed by atoms with van der Waals surface area (Å²) >= 11 is 1.42. The fourth-order valence-electron chi connectivity index (χ4n) is 1.49. The summed E-state index contributed by atoms with van der Waals surface area (Å²) in [6.07, 6.45) is 1.76. The molecule has 2 rings (SSSR count). The van der Waals surface area contributed by atoms with E-state index >= 15 is 0 Å². The van der Waals surface area contributed by atoms with Crippen molar-refractivity contribution in [2.24, 2.45) is 5.73 Å². The Bertz CT molecular complexity index is 585. The van der Waals surface area contributed by atoms with E-state index < -0.39 is 0 Å². The lowest BCUT2D eigenvalue weighted by molar-refractivity contribution is -0.117. The monoisotopic (exact) mass is 279 g/mol. The molecule has 4 nitrogen and oxygen atoms in total. The van der Waals surface area contributed by atoms with Gasteiger partial charge in [-0.25, -0.2) is 9.07 Å². The Hall–Kier alpha value is -1.82. The zero-order chi connectivity index (χ0) is 13.8. The van der Waals surface area contributed by atoms with Gasteiger partial charge in [0.25, 0.3) is 0 Å². The van der Waals surface area contributed by atoms with Crippen LogP contribution in [0.2, 0.25) is 0 Å². The van der Waals surface area contributed by atoms with E-state index in [4.69, 9.17) is 5.73 Å². The number of nitrogens with zero attached hydrogens (tertiary/aromatic N) is 2. The molecular formula is C13H14FN3OS. The van der Waals surface area contributed by atoms with Crippen molar-refractivity contribution in [1.82, 2.24) is 9.78 Å². The van der Waals surface area contributed by atoms with Crippen molar-refractivity contribution >= 4 is 17.7 Å². The molecule has 0 aliphatic heterocycles. The third kappa shape index (κ3) is 3.57. The van der Waals surface area contributed by atoms with Gasteiger partial charge in [-0.3, -0.25) is 4.79 Å². The van der Waals surface area contributed by atoms with Crippen molar-refractivity contribution in [3.63, 3.8) is 0 Å². The molecule has 2 N–H and O–H groups in total. The first-order chi connectivity index (χ1) is 9.06. The molecule has 100 valence electrons. The average Bonchev–Trinajstić information content (AvgIpc) is 2.84. The Kier molecular flexibility index (Phi) is 4.21. The fourth-order valence-corrected chi connectivity index (χ4v) is 2.23. The van der Waals surface area contributed by atoms with Crippen LogP contribution in [0, 0.1) is 5.82 Å². The summed E-state index contributed by atoms with van der Waals surface area (Å²) in [5.74, 6) is -0.0484. The molecule has 1 aromatic heterocycles. The summed E-state index contributed by atoms with van der Waals surface area (Å²) in [5.41, 5.74) is 6.67. The number of aromatic nitrogens is 2. The second kappa shape index (κ2) is 5.88. The maximum absolute atomic E-state index is 13.1. The smallest absolute Gasteiger partial charge is 0.230 e. The number of amides is 1. The summed E-state index contributed by atoms with van der Waals surface area (Å²) < 4.78 is 14.7. The van der Waals surface area contributed by atoms with Gasteiger partial charge in [0.15, 0.2) is 0 Å². The van der Waals surface area contributed by atoms with Crippen LogP contribution in [0.15, 0.2) is 36.5 Å². The number of carbonyl (C=O) groups excluding carboxylic acids is 1. The van der Waals surface area contributed by atoms with Crippen molar-refractivity contribution < 1.29 is 9.18 Å². The van der Waals surface area contributed by atoms with Gasteiger partial charge in [-0.1, -0.05) is 6.07 Å². The topological polar surface area (TPSA) is 60.9 Å². The van der Waals surface area contributed by atoms with Crippen molar-refractivity contribution in [2.45, 2.75) is 17.9 Å². The predicted molar refractivity (Wildman–Crippen MR) is 73.5 cm³/mol. The highest BCUT2D eigenvalue weighted by molar-refractivity contribution is 7.99. The van der Waals surface area contributed by atoms with Crippen molar-refractivity contribution in [2.75, 3.05) is 0 Å². The van der Waals surface area contributed by atoms with Crippen LogP contribution < -0.4 is 5.73 Å². The van der Waals surface area contributed by atoms with E-state index in [1.54, 1.807) is 29.9 Å². The molecule has 1 atom stereocenters. The molecule has 0 saturated heterocycles. The molecule has 0 spiro atoms. The highest BCUT2D eigenvalue weighted by Gasteiger charge is 2.10. The Labute approximate surface area is 114 Å². The third-order valence-electron chi connectivity index (χ3n) is 2.60. The molecule has 1 aromatic carbocycles. The molecule has 0 fully saturated rings. The molecule has 1 amide bonds. The molecule has 0 unspecified atom stereocenters. The van der Waals surface area contributed by atoms with Crippen LogP contribution in [0.1, 0.15) is 12.6 Å². The Morgan fingerprint density at radius 1 is 1.53 bits per heavy atom. The molecule has 19 heavy (non-hydrogen) atoms. The van der Waals surface area contributed by atoms with Gasteiger partial charge in [0, 0.05) is 11.9 Å². The second-order valence-corrected chi connectivity index (χ2v) is 5.42. The number of thioether (sulfide) groups is 1. The first kappa shape index (κ1) is 13.6. The molecular weight excluding hydrogens is 265 g/mol. The summed E-state index contributed by atoms with van der Waals surface area (Å²) in [6, 6.07) is 8.05. The van der Waals surface area contributed by atoms with Crippen LogP contribution in [0.3, 0.4) is 0 Å². The van der Waals surface area contributed by atoms with Crippen LogP contribution in [-0.2, 0) is 10.5 Å². The first-order valence-corrected chi connectivity index (χ1v) is 6.82. The van der Waals surface area contributed by atoms with E-state index in [2.05, 4.69) is 5.10 Å². The molecule has 0 aliphatic carbocycles. The van der Waals surface area contributed by atoms with Crippen LogP contribution in [-0.4, -0.2) is 20.9 Å². The number of hydrogen-bond donors (Lipinski definition) is 1. The van der Waals surface area contributed by atoms with E-state index in [9.17, 15) is 9.18 Å². The Morgan fingerprint density at radius 2 is 2.32 bits per heavy atom. The van der Waals surface area contributed by atoms with E-state index in [1.807, 2.05) is 6.07 Å². The minimum Gasteiger partial charge on any atom is -0.369 e. The number of primary amides is 1. The number of halogens is 1. The molecule has 0 bridgehead atoms. The van der Waals surface area contributed by atoms with Gasteiger partial charge < -0.3 is 5.73 Å². The standard InChI is InChI=1S/C13H14FN3OS/c1-9(13(15)18)19-8-11-5-6-17(16-11)12-4-2-3-10(14)7-12/h2-7,9H,8H2,1H3,(H2,15,18)/t9-/m0/s1.